The molecule has 0 aromatic carbocycles. The maximum atomic E-state index is 5.75. The van der Waals surface area contributed by atoms with E-state index in [-0.39, 0.29) is 6.04 Å². The summed E-state index contributed by atoms with van der Waals surface area (Å²) in [6, 6.07) is 0.234. The zero-order valence-corrected chi connectivity index (χ0v) is 13.2. The summed E-state index contributed by atoms with van der Waals surface area (Å²) in [6.45, 7) is 6.68. The van der Waals surface area contributed by atoms with Gasteiger partial charge < -0.3 is 4.74 Å². The molecule has 1 fully saturated rings. The Morgan fingerprint density at radius 1 is 1.63 bits per heavy atom. The van der Waals surface area contributed by atoms with Crippen molar-refractivity contribution in [3.63, 3.8) is 0 Å². The van der Waals surface area contributed by atoms with Crippen LogP contribution < -0.4 is 11.3 Å². The topological polar surface area (TPSA) is 65.1 Å². The Morgan fingerprint density at radius 2 is 2.42 bits per heavy atom. The van der Waals surface area contributed by atoms with Gasteiger partial charge in [-0.2, -0.15) is 5.10 Å². The molecular weight excluding hydrogens is 308 g/mol. The first-order valence-electron chi connectivity index (χ1n) is 6.93. The third-order valence-electron chi connectivity index (χ3n) is 3.84. The first-order valence-corrected chi connectivity index (χ1v) is 7.72. The van der Waals surface area contributed by atoms with E-state index in [1.165, 1.54) is 12.1 Å². The van der Waals surface area contributed by atoms with Gasteiger partial charge in [-0.1, -0.05) is 0 Å². The SMILES string of the molecule is CCn1nc(C)c(Br)c1CC(NN)C1CCCOC1. The fraction of sp³-hybridized carbons (Fsp3) is 0.769. The Bertz CT molecular complexity index is 415. The molecule has 6 heteroatoms. The number of nitrogens with two attached hydrogens (primary N) is 1. The van der Waals surface area contributed by atoms with Gasteiger partial charge in [0.05, 0.1) is 22.5 Å². The minimum Gasteiger partial charge on any atom is -0.381 e. The molecule has 5 nitrogen and oxygen atoms in total. The summed E-state index contributed by atoms with van der Waals surface area (Å²) in [4.78, 5) is 0. The molecule has 1 aromatic heterocycles. The third kappa shape index (κ3) is 3.37. The van der Waals surface area contributed by atoms with Gasteiger partial charge in [-0.05, 0) is 48.5 Å². The van der Waals surface area contributed by atoms with Gasteiger partial charge in [0.1, 0.15) is 0 Å². The van der Waals surface area contributed by atoms with Gasteiger partial charge in [0.2, 0.25) is 0 Å². The lowest BCUT2D eigenvalue weighted by Gasteiger charge is -2.30. The predicted octanol–water partition coefficient (Wildman–Crippen LogP) is 1.77. The molecule has 0 aliphatic carbocycles. The van der Waals surface area contributed by atoms with E-state index >= 15 is 0 Å². The second kappa shape index (κ2) is 6.83. The van der Waals surface area contributed by atoms with Crippen LogP contribution in [0.25, 0.3) is 0 Å². The molecule has 2 rings (SSSR count). The normalized spacial score (nSPS) is 21.6. The fourth-order valence-corrected chi connectivity index (χ4v) is 3.16. The standard InChI is InChI=1S/C13H23BrN4O/c1-3-18-12(13(14)9(2)17-18)7-11(16-15)10-5-4-6-19-8-10/h10-11,16H,3-8,15H2,1-2H3. The summed E-state index contributed by atoms with van der Waals surface area (Å²) >= 11 is 3.64. The van der Waals surface area contributed by atoms with Gasteiger partial charge in [-0.15, -0.1) is 0 Å². The van der Waals surface area contributed by atoms with Gasteiger partial charge in [0.25, 0.3) is 0 Å². The van der Waals surface area contributed by atoms with Gasteiger partial charge in [0.15, 0.2) is 0 Å². The van der Waals surface area contributed by atoms with Crippen LogP contribution in [-0.4, -0.2) is 29.0 Å². The zero-order valence-electron chi connectivity index (χ0n) is 11.7. The van der Waals surface area contributed by atoms with Crippen molar-refractivity contribution in [1.82, 2.24) is 15.2 Å². The highest BCUT2D eigenvalue weighted by atomic mass is 79.9. The lowest BCUT2D eigenvalue weighted by atomic mass is 9.91. The molecule has 0 spiro atoms. The molecule has 1 aliphatic rings. The van der Waals surface area contributed by atoms with Crippen LogP contribution >= 0.6 is 15.9 Å². The average molecular weight is 331 g/mol. The van der Waals surface area contributed by atoms with Crippen molar-refractivity contribution in [2.75, 3.05) is 13.2 Å². The molecule has 2 heterocycles. The summed E-state index contributed by atoms with van der Waals surface area (Å²) in [5.74, 6) is 6.23. The highest BCUT2D eigenvalue weighted by Crippen LogP contribution is 2.26. The van der Waals surface area contributed by atoms with Crippen molar-refractivity contribution < 1.29 is 4.74 Å². The Morgan fingerprint density at radius 3 is 3.00 bits per heavy atom. The number of hydrazine groups is 1. The second-order valence-electron chi connectivity index (χ2n) is 5.12. The van der Waals surface area contributed by atoms with Crippen molar-refractivity contribution >= 4 is 15.9 Å². The molecule has 1 aromatic rings. The van der Waals surface area contributed by atoms with E-state index in [1.807, 2.05) is 11.6 Å². The first kappa shape index (κ1) is 15.0. The van der Waals surface area contributed by atoms with E-state index in [4.69, 9.17) is 10.6 Å². The summed E-state index contributed by atoms with van der Waals surface area (Å²) in [7, 11) is 0. The largest absolute Gasteiger partial charge is 0.381 e. The molecule has 0 bridgehead atoms. The summed E-state index contributed by atoms with van der Waals surface area (Å²) in [6.07, 6.45) is 3.17. The van der Waals surface area contributed by atoms with Crippen LogP contribution in [0.2, 0.25) is 0 Å². The summed E-state index contributed by atoms with van der Waals surface area (Å²) < 4.78 is 8.72. The van der Waals surface area contributed by atoms with Crippen LogP contribution in [0.5, 0.6) is 0 Å². The van der Waals surface area contributed by atoms with Crippen molar-refractivity contribution in [3.8, 4) is 0 Å². The molecule has 0 radical (unpaired) electrons. The molecule has 3 N–H and O–H groups in total. The molecule has 1 aliphatic heterocycles. The number of ether oxygens (including phenoxy) is 1. The Hall–Kier alpha value is -0.430. The zero-order chi connectivity index (χ0) is 13.8. The minimum absolute atomic E-state index is 0.234. The molecular formula is C13H23BrN4O. The van der Waals surface area contributed by atoms with E-state index in [0.717, 1.165) is 42.8 Å². The monoisotopic (exact) mass is 330 g/mol. The number of aromatic nitrogens is 2. The van der Waals surface area contributed by atoms with Crippen LogP contribution in [-0.2, 0) is 17.7 Å². The maximum absolute atomic E-state index is 5.75. The molecule has 2 atom stereocenters. The van der Waals surface area contributed by atoms with E-state index in [2.05, 4.69) is 33.4 Å². The number of rotatable bonds is 5. The van der Waals surface area contributed by atoms with Gasteiger partial charge in [0, 0.05) is 25.6 Å². The number of aryl methyl sites for hydroxylation is 2. The number of halogens is 1. The van der Waals surface area contributed by atoms with Crippen molar-refractivity contribution in [2.24, 2.45) is 11.8 Å². The van der Waals surface area contributed by atoms with Crippen LogP contribution in [0.3, 0.4) is 0 Å². The van der Waals surface area contributed by atoms with E-state index in [1.54, 1.807) is 0 Å². The molecule has 2 unspecified atom stereocenters. The van der Waals surface area contributed by atoms with Crippen LogP contribution in [0.4, 0.5) is 0 Å². The highest BCUT2D eigenvalue weighted by Gasteiger charge is 2.26. The molecule has 0 saturated carbocycles. The quantitative estimate of drug-likeness (QED) is 0.638. The van der Waals surface area contributed by atoms with Gasteiger partial charge in [-0.25, -0.2) is 0 Å². The Balaban J connectivity index is 2.13. The molecule has 1 saturated heterocycles. The molecule has 19 heavy (non-hydrogen) atoms. The Kier molecular flexibility index (Phi) is 5.38. The number of nitrogens with one attached hydrogen (secondary N) is 1. The third-order valence-corrected chi connectivity index (χ3v) is 4.88. The second-order valence-corrected chi connectivity index (χ2v) is 5.91. The molecule has 108 valence electrons. The fourth-order valence-electron chi connectivity index (χ4n) is 2.72. The van der Waals surface area contributed by atoms with Crippen molar-refractivity contribution in [3.05, 3.63) is 15.9 Å². The highest BCUT2D eigenvalue weighted by molar-refractivity contribution is 9.10. The van der Waals surface area contributed by atoms with E-state index in [0.29, 0.717) is 5.92 Å². The first-order chi connectivity index (χ1) is 9.17. The van der Waals surface area contributed by atoms with Crippen LogP contribution in [0.1, 0.15) is 31.2 Å². The van der Waals surface area contributed by atoms with E-state index in [9.17, 15) is 0 Å². The summed E-state index contributed by atoms with van der Waals surface area (Å²) in [5.41, 5.74) is 5.22. The number of nitrogens with zero attached hydrogens (tertiary/aromatic N) is 2. The predicted molar refractivity (Wildman–Crippen MR) is 78.7 cm³/mol. The lowest BCUT2D eigenvalue weighted by Crippen LogP contribution is -2.45. The molecule has 0 amide bonds. The van der Waals surface area contributed by atoms with E-state index < -0.39 is 0 Å². The van der Waals surface area contributed by atoms with Crippen LogP contribution in [0.15, 0.2) is 4.47 Å². The number of hydrogen-bond acceptors (Lipinski definition) is 4. The van der Waals surface area contributed by atoms with Gasteiger partial charge in [-0.3, -0.25) is 16.0 Å². The van der Waals surface area contributed by atoms with Crippen molar-refractivity contribution in [1.29, 1.82) is 0 Å². The number of hydrogen-bond donors (Lipinski definition) is 2. The van der Waals surface area contributed by atoms with Crippen molar-refractivity contribution in [2.45, 2.75) is 45.7 Å². The summed E-state index contributed by atoms with van der Waals surface area (Å²) in [5, 5.41) is 4.53. The maximum Gasteiger partial charge on any atom is 0.0738 e. The lowest BCUT2D eigenvalue weighted by molar-refractivity contribution is 0.0390. The smallest absolute Gasteiger partial charge is 0.0738 e. The Labute approximate surface area is 123 Å². The minimum atomic E-state index is 0.234. The van der Waals surface area contributed by atoms with Gasteiger partial charge >= 0.3 is 0 Å². The average Bonchev–Trinajstić information content (AvgIpc) is 2.72. The van der Waals surface area contributed by atoms with Crippen LogP contribution in [0, 0.1) is 12.8 Å².